The van der Waals surface area contributed by atoms with E-state index in [2.05, 4.69) is 5.32 Å². The summed E-state index contributed by atoms with van der Waals surface area (Å²) in [4.78, 5) is 0. The maximum Gasteiger partial charge on any atom is 0.251 e. The highest BCUT2D eigenvalue weighted by molar-refractivity contribution is 7.68. The fourth-order valence-electron chi connectivity index (χ4n) is 2.53. The lowest BCUT2D eigenvalue weighted by atomic mass is 10.1. The SMILES string of the molecule is COc1ccc([P@@]2(=O)OCC(C)(C)NC2(C)C)cc1. The minimum Gasteiger partial charge on any atom is -0.497 e. The number of rotatable bonds is 2. The van der Waals surface area contributed by atoms with Crippen LogP contribution in [0.5, 0.6) is 5.75 Å². The third-order valence-corrected chi connectivity index (χ3v) is 6.45. The van der Waals surface area contributed by atoms with Gasteiger partial charge in [-0.05, 0) is 52.0 Å². The lowest BCUT2D eigenvalue weighted by molar-refractivity contribution is 0.147. The van der Waals surface area contributed by atoms with E-state index in [1.54, 1.807) is 7.11 Å². The van der Waals surface area contributed by atoms with Crippen LogP contribution in [0.3, 0.4) is 0 Å². The number of ether oxygens (including phenoxy) is 1. The molecule has 1 fully saturated rings. The normalized spacial score (nSPS) is 28.9. The molecule has 0 unspecified atom stereocenters. The van der Waals surface area contributed by atoms with Crippen LogP contribution in [0.15, 0.2) is 24.3 Å². The van der Waals surface area contributed by atoms with E-state index in [-0.39, 0.29) is 5.54 Å². The van der Waals surface area contributed by atoms with Crippen molar-refractivity contribution in [3.8, 4) is 5.75 Å². The molecule has 1 aromatic rings. The fraction of sp³-hybridized carbons (Fsp3) is 0.571. The predicted octanol–water partition coefficient (Wildman–Crippen LogP) is 2.73. The fourth-order valence-corrected chi connectivity index (χ4v) is 5.14. The molecule has 106 valence electrons. The Labute approximate surface area is 114 Å². The minimum absolute atomic E-state index is 0.177. The van der Waals surface area contributed by atoms with Crippen LogP contribution in [-0.2, 0) is 9.09 Å². The highest BCUT2D eigenvalue weighted by atomic mass is 31.2. The second kappa shape index (κ2) is 4.62. The first kappa shape index (κ1) is 14.6. The van der Waals surface area contributed by atoms with Crippen LogP contribution < -0.4 is 15.4 Å². The quantitative estimate of drug-likeness (QED) is 0.848. The van der Waals surface area contributed by atoms with E-state index in [1.807, 2.05) is 52.0 Å². The van der Waals surface area contributed by atoms with Crippen LogP contribution in [0.25, 0.3) is 0 Å². The van der Waals surface area contributed by atoms with Gasteiger partial charge in [0.2, 0.25) is 0 Å². The zero-order chi connectivity index (χ0) is 14.3. The molecule has 1 aromatic carbocycles. The van der Waals surface area contributed by atoms with Gasteiger partial charge in [0.25, 0.3) is 7.37 Å². The Kier molecular flexibility index (Phi) is 3.54. The molecular weight excluding hydrogens is 261 g/mol. The lowest BCUT2D eigenvalue weighted by Gasteiger charge is -2.47. The highest BCUT2D eigenvalue weighted by Gasteiger charge is 2.50. The van der Waals surface area contributed by atoms with E-state index in [1.165, 1.54) is 0 Å². The molecule has 19 heavy (non-hydrogen) atoms. The molecule has 0 aliphatic carbocycles. The third-order valence-electron chi connectivity index (χ3n) is 3.40. The molecule has 5 heteroatoms. The minimum atomic E-state index is -2.95. The van der Waals surface area contributed by atoms with E-state index in [9.17, 15) is 4.57 Å². The zero-order valence-electron chi connectivity index (χ0n) is 12.2. The first-order chi connectivity index (χ1) is 8.70. The Balaban J connectivity index is 2.38. The predicted molar refractivity (Wildman–Crippen MR) is 77.5 cm³/mol. The molecule has 4 nitrogen and oxygen atoms in total. The zero-order valence-corrected chi connectivity index (χ0v) is 13.1. The summed E-state index contributed by atoms with van der Waals surface area (Å²) in [5, 5.41) is 3.56. The van der Waals surface area contributed by atoms with Gasteiger partial charge in [-0.15, -0.1) is 0 Å². The van der Waals surface area contributed by atoms with Crippen LogP contribution in [0.1, 0.15) is 27.7 Å². The summed E-state index contributed by atoms with van der Waals surface area (Å²) >= 11 is 0. The average Bonchev–Trinajstić information content (AvgIpc) is 2.33. The van der Waals surface area contributed by atoms with Gasteiger partial charge in [-0.25, -0.2) is 0 Å². The van der Waals surface area contributed by atoms with E-state index in [0.717, 1.165) is 11.1 Å². The van der Waals surface area contributed by atoms with Gasteiger partial charge < -0.3 is 9.26 Å². The molecule has 0 spiro atoms. The second-order valence-electron chi connectivity index (χ2n) is 6.09. The Morgan fingerprint density at radius 2 is 1.79 bits per heavy atom. The van der Waals surface area contributed by atoms with E-state index < -0.39 is 12.6 Å². The van der Waals surface area contributed by atoms with Crippen LogP contribution in [0, 0.1) is 0 Å². The summed E-state index contributed by atoms with van der Waals surface area (Å²) in [5.41, 5.74) is -0.177. The van der Waals surface area contributed by atoms with Gasteiger partial charge in [0, 0.05) is 10.8 Å². The van der Waals surface area contributed by atoms with Crippen LogP contribution in [0.4, 0.5) is 0 Å². The van der Waals surface area contributed by atoms with E-state index in [4.69, 9.17) is 9.26 Å². The molecule has 1 saturated heterocycles. The maximum atomic E-state index is 13.2. The number of benzene rings is 1. The molecule has 1 aliphatic rings. The number of methoxy groups -OCH3 is 1. The second-order valence-corrected chi connectivity index (χ2v) is 9.09. The lowest BCUT2D eigenvalue weighted by Crippen LogP contribution is -2.59. The van der Waals surface area contributed by atoms with Crippen molar-refractivity contribution in [3.63, 3.8) is 0 Å². The molecule has 2 rings (SSSR count). The van der Waals surface area contributed by atoms with E-state index in [0.29, 0.717) is 6.61 Å². The molecule has 0 radical (unpaired) electrons. The van der Waals surface area contributed by atoms with E-state index >= 15 is 0 Å². The third kappa shape index (κ3) is 2.58. The summed E-state index contributed by atoms with van der Waals surface area (Å²) in [7, 11) is -1.33. The summed E-state index contributed by atoms with van der Waals surface area (Å²) in [6.45, 7) is 8.39. The Hall–Kier alpha value is -0.830. The Bertz CT molecular complexity index is 508. The maximum absolute atomic E-state index is 13.2. The van der Waals surface area contributed by atoms with Gasteiger partial charge in [0.15, 0.2) is 0 Å². The summed E-state index contributed by atoms with van der Waals surface area (Å²) < 4.78 is 24.2. The smallest absolute Gasteiger partial charge is 0.251 e. The summed E-state index contributed by atoms with van der Waals surface area (Å²) in [6, 6.07) is 7.27. The van der Waals surface area contributed by atoms with Crippen molar-refractivity contribution >= 4 is 12.7 Å². The van der Waals surface area contributed by atoms with Gasteiger partial charge in [-0.2, -0.15) is 0 Å². The first-order valence-electron chi connectivity index (χ1n) is 6.39. The van der Waals surface area contributed by atoms with Gasteiger partial charge in [-0.3, -0.25) is 9.88 Å². The molecule has 1 atom stereocenters. The Morgan fingerprint density at radius 3 is 2.26 bits per heavy atom. The summed E-state index contributed by atoms with van der Waals surface area (Å²) in [5.74, 6) is 0.749. The van der Waals surface area contributed by atoms with Crippen molar-refractivity contribution in [2.24, 2.45) is 0 Å². The Morgan fingerprint density at radius 1 is 1.21 bits per heavy atom. The van der Waals surface area contributed by atoms with Crippen molar-refractivity contribution in [3.05, 3.63) is 24.3 Å². The molecule has 1 N–H and O–H groups in total. The van der Waals surface area contributed by atoms with Crippen molar-refractivity contribution < 1.29 is 13.8 Å². The van der Waals surface area contributed by atoms with Gasteiger partial charge in [0.05, 0.1) is 19.0 Å². The van der Waals surface area contributed by atoms with Crippen LogP contribution >= 0.6 is 7.37 Å². The van der Waals surface area contributed by atoms with Crippen molar-refractivity contribution in [2.45, 2.75) is 38.5 Å². The van der Waals surface area contributed by atoms with Gasteiger partial charge in [-0.1, -0.05) is 0 Å². The molecule has 1 heterocycles. The van der Waals surface area contributed by atoms with Crippen molar-refractivity contribution in [2.75, 3.05) is 13.7 Å². The topological polar surface area (TPSA) is 47.6 Å². The molecular formula is C14H22NO3P. The molecule has 0 saturated carbocycles. The van der Waals surface area contributed by atoms with Gasteiger partial charge in [0.1, 0.15) is 5.75 Å². The molecule has 1 aliphatic heterocycles. The van der Waals surface area contributed by atoms with Crippen molar-refractivity contribution in [1.82, 2.24) is 5.32 Å². The van der Waals surface area contributed by atoms with Crippen molar-refractivity contribution in [1.29, 1.82) is 0 Å². The number of hydrogen-bond donors (Lipinski definition) is 1. The molecule has 0 bridgehead atoms. The van der Waals surface area contributed by atoms with Gasteiger partial charge >= 0.3 is 0 Å². The molecule has 0 aromatic heterocycles. The number of nitrogens with one attached hydrogen (secondary N) is 1. The average molecular weight is 283 g/mol. The first-order valence-corrected chi connectivity index (χ1v) is 8.01. The summed E-state index contributed by atoms with van der Waals surface area (Å²) in [6.07, 6.45) is 0. The van der Waals surface area contributed by atoms with Crippen LogP contribution in [-0.4, -0.2) is 24.5 Å². The number of hydrogen-bond acceptors (Lipinski definition) is 4. The largest absolute Gasteiger partial charge is 0.497 e. The monoisotopic (exact) mass is 283 g/mol. The van der Waals surface area contributed by atoms with Crippen LogP contribution in [0.2, 0.25) is 0 Å². The molecule has 0 amide bonds. The highest BCUT2D eigenvalue weighted by Crippen LogP contribution is 2.59. The standard InChI is InChI=1S/C14H22NO3P/c1-13(2)10-18-19(16,14(3,4)15-13)12-8-6-11(17-5)7-9-12/h6-9,15H,10H2,1-5H3/t19-/m1/s1.